The van der Waals surface area contributed by atoms with Crippen LogP contribution in [-0.2, 0) is 13.0 Å². The lowest BCUT2D eigenvalue weighted by atomic mass is 9.91. The summed E-state index contributed by atoms with van der Waals surface area (Å²) in [6.45, 7) is 1.99. The largest absolute Gasteiger partial charge is 0.465 e. The van der Waals surface area contributed by atoms with Gasteiger partial charge in [-0.15, -0.1) is 0 Å². The van der Waals surface area contributed by atoms with Crippen molar-refractivity contribution in [2.24, 2.45) is 5.92 Å². The van der Waals surface area contributed by atoms with Gasteiger partial charge in [-0.25, -0.2) is 4.79 Å². The van der Waals surface area contributed by atoms with E-state index in [-0.39, 0.29) is 0 Å². The van der Waals surface area contributed by atoms with E-state index in [1.807, 2.05) is 32.3 Å². The third-order valence-corrected chi connectivity index (χ3v) is 5.91. The fourth-order valence-electron chi connectivity index (χ4n) is 4.28. The van der Waals surface area contributed by atoms with Gasteiger partial charge in [-0.1, -0.05) is 17.3 Å². The Balaban J connectivity index is 1.55. The first kappa shape index (κ1) is 20.3. The molecule has 0 atom stereocenters. The molecule has 7 heteroatoms. The number of pyridine rings is 1. The van der Waals surface area contributed by atoms with Gasteiger partial charge in [0.15, 0.2) is 5.58 Å². The number of hydrogen-bond donors (Lipinski definition) is 1. The van der Waals surface area contributed by atoms with Crippen molar-refractivity contribution in [1.29, 1.82) is 0 Å². The van der Waals surface area contributed by atoms with Gasteiger partial charge in [0.2, 0.25) is 0 Å². The van der Waals surface area contributed by atoms with Crippen molar-refractivity contribution >= 4 is 17.1 Å². The highest BCUT2D eigenvalue weighted by atomic mass is 16.5. The van der Waals surface area contributed by atoms with Crippen LogP contribution in [0, 0.1) is 5.92 Å². The quantitative estimate of drug-likeness (QED) is 0.656. The average molecular weight is 409 g/mol. The van der Waals surface area contributed by atoms with E-state index in [9.17, 15) is 4.79 Å². The van der Waals surface area contributed by atoms with Gasteiger partial charge in [-0.3, -0.25) is 4.98 Å². The first-order chi connectivity index (χ1) is 14.5. The summed E-state index contributed by atoms with van der Waals surface area (Å²) in [6.07, 6.45) is 4.67. The van der Waals surface area contributed by atoms with Gasteiger partial charge in [0.1, 0.15) is 0 Å². The molecule has 0 radical (unpaired) electrons. The Morgan fingerprint density at radius 1 is 1.23 bits per heavy atom. The Hall–Kier alpha value is -2.93. The van der Waals surface area contributed by atoms with Gasteiger partial charge >= 0.3 is 6.09 Å². The van der Waals surface area contributed by atoms with Crippen molar-refractivity contribution in [2.75, 3.05) is 27.2 Å². The normalized spacial score (nSPS) is 15.2. The molecule has 0 aliphatic carbocycles. The van der Waals surface area contributed by atoms with Crippen molar-refractivity contribution in [3.63, 3.8) is 0 Å². The topological polar surface area (TPSA) is 82.7 Å². The van der Waals surface area contributed by atoms with Crippen LogP contribution >= 0.6 is 0 Å². The maximum absolute atomic E-state index is 11.1. The number of likely N-dealkylation sites (tertiary alicyclic amines) is 1. The molecule has 0 unspecified atom stereocenters. The standard InChI is InChI=1S/C23H28N4O3/c1-26(2)15-19-17(20-5-3-4-12-24-20)7-8-18-21(25-30-22(18)19)9-6-16-10-13-27(14-11-16)23(28)29/h3-5,7-8,12,16H,6,9-11,13-15H2,1-2H3,(H,28,29). The molecule has 30 heavy (non-hydrogen) atoms. The van der Waals surface area contributed by atoms with Crippen LogP contribution in [0.4, 0.5) is 4.79 Å². The lowest BCUT2D eigenvalue weighted by molar-refractivity contribution is 0.123. The predicted octanol–water partition coefficient (Wildman–Crippen LogP) is 4.27. The summed E-state index contributed by atoms with van der Waals surface area (Å²) in [6, 6.07) is 10.1. The Morgan fingerprint density at radius 3 is 2.70 bits per heavy atom. The lowest BCUT2D eigenvalue weighted by Crippen LogP contribution is -2.37. The molecule has 3 aromatic rings. The molecule has 1 fully saturated rings. The van der Waals surface area contributed by atoms with E-state index in [1.165, 1.54) is 4.90 Å². The number of carbonyl (C=O) groups is 1. The molecule has 0 bridgehead atoms. The maximum atomic E-state index is 11.1. The summed E-state index contributed by atoms with van der Waals surface area (Å²) in [5.41, 5.74) is 4.92. The van der Waals surface area contributed by atoms with E-state index < -0.39 is 6.09 Å². The van der Waals surface area contributed by atoms with Crippen molar-refractivity contribution in [1.82, 2.24) is 19.9 Å². The third-order valence-electron chi connectivity index (χ3n) is 5.91. The fourth-order valence-corrected chi connectivity index (χ4v) is 4.28. The number of rotatable bonds is 6. The van der Waals surface area contributed by atoms with Crippen LogP contribution < -0.4 is 0 Å². The third kappa shape index (κ3) is 4.31. The van der Waals surface area contributed by atoms with Gasteiger partial charge in [0, 0.05) is 42.3 Å². The van der Waals surface area contributed by atoms with Crippen LogP contribution in [0.3, 0.4) is 0 Å². The number of amides is 1. The Kier molecular flexibility index (Phi) is 5.99. The molecule has 7 nitrogen and oxygen atoms in total. The molecular formula is C23H28N4O3. The zero-order valence-electron chi connectivity index (χ0n) is 17.5. The van der Waals surface area contributed by atoms with Crippen LogP contribution in [0.15, 0.2) is 41.1 Å². The number of piperidine rings is 1. The van der Waals surface area contributed by atoms with Crippen LogP contribution in [0.25, 0.3) is 22.2 Å². The lowest BCUT2D eigenvalue weighted by Gasteiger charge is -2.29. The SMILES string of the molecule is CN(C)Cc1c(-c2ccccn2)ccc2c(CCC3CCN(C(=O)O)CC3)noc12. The van der Waals surface area contributed by atoms with Crippen LogP contribution in [0.1, 0.15) is 30.5 Å². The summed E-state index contributed by atoms with van der Waals surface area (Å²) in [5, 5.41) is 14.6. The Morgan fingerprint density at radius 2 is 2.03 bits per heavy atom. The molecule has 1 aromatic carbocycles. The van der Waals surface area contributed by atoms with Gasteiger partial charge in [0.25, 0.3) is 0 Å². The van der Waals surface area contributed by atoms with Crippen molar-refractivity contribution in [3.05, 3.63) is 47.8 Å². The number of aromatic nitrogens is 2. The number of nitrogens with zero attached hydrogens (tertiary/aromatic N) is 4. The minimum Gasteiger partial charge on any atom is -0.465 e. The zero-order chi connectivity index (χ0) is 21.1. The summed E-state index contributed by atoms with van der Waals surface area (Å²) in [7, 11) is 4.09. The molecule has 4 rings (SSSR count). The second-order valence-corrected chi connectivity index (χ2v) is 8.30. The Labute approximate surface area is 176 Å². The van der Waals surface area contributed by atoms with Crippen molar-refractivity contribution in [3.8, 4) is 11.3 Å². The summed E-state index contributed by atoms with van der Waals surface area (Å²) in [4.78, 5) is 19.2. The number of benzene rings is 1. The van der Waals surface area contributed by atoms with Gasteiger partial charge in [-0.2, -0.15) is 0 Å². The molecule has 1 saturated heterocycles. The minimum atomic E-state index is -0.812. The van der Waals surface area contributed by atoms with Crippen molar-refractivity contribution in [2.45, 2.75) is 32.2 Å². The minimum absolute atomic E-state index is 0.529. The highest BCUT2D eigenvalue weighted by Gasteiger charge is 2.23. The monoisotopic (exact) mass is 408 g/mol. The number of hydrogen-bond acceptors (Lipinski definition) is 5. The molecule has 1 amide bonds. The molecule has 0 saturated carbocycles. The number of carboxylic acid groups (broad SMARTS) is 1. The van der Waals surface area contributed by atoms with Gasteiger partial charge in [0.05, 0.1) is 11.4 Å². The van der Waals surface area contributed by atoms with Gasteiger partial charge < -0.3 is 19.4 Å². The molecular weight excluding hydrogens is 380 g/mol. The smallest absolute Gasteiger partial charge is 0.407 e. The second-order valence-electron chi connectivity index (χ2n) is 8.30. The number of fused-ring (bicyclic) bond motifs is 1. The van der Waals surface area contributed by atoms with Crippen molar-refractivity contribution < 1.29 is 14.4 Å². The van der Waals surface area contributed by atoms with E-state index in [0.717, 1.165) is 65.7 Å². The first-order valence-electron chi connectivity index (χ1n) is 10.5. The van der Waals surface area contributed by atoms with E-state index in [1.54, 1.807) is 6.20 Å². The zero-order valence-corrected chi connectivity index (χ0v) is 17.5. The van der Waals surface area contributed by atoms with Crippen LogP contribution in [0.2, 0.25) is 0 Å². The molecule has 1 aliphatic rings. The molecule has 158 valence electrons. The van der Waals surface area contributed by atoms with Crippen LogP contribution in [0.5, 0.6) is 0 Å². The van der Waals surface area contributed by atoms with E-state index >= 15 is 0 Å². The van der Waals surface area contributed by atoms with E-state index in [2.05, 4.69) is 27.2 Å². The first-order valence-corrected chi connectivity index (χ1v) is 10.5. The highest BCUT2D eigenvalue weighted by molar-refractivity contribution is 5.88. The molecule has 1 aliphatic heterocycles. The molecule has 1 N–H and O–H groups in total. The average Bonchev–Trinajstić information content (AvgIpc) is 3.16. The Bertz CT molecular complexity index is 1010. The molecule has 0 spiro atoms. The van der Waals surface area contributed by atoms with E-state index in [4.69, 9.17) is 9.63 Å². The second kappa shape index (κ2) is 8.83. The maximum Gasteiger partial charge on any atom is 0.407 e. The highest BCUT2D eigenvalue weighted by Crippen LogP contribution is 2.33. The van der Waals surface area contributed by atoms with Gasteiger partial charge in [-0.05, 0) is 63.9 Å². The number of aryl methyl sites for hydroxylation is 1. The molecule has 2 aromatic heterocycles. The van der Waals surface area contributed by atoms with Crippen LogP contribution in [-0.4, -0.2) is 58.3 Å². The summed E-state index contributed by atoms with van der Waals surface area (Å²) in [5.74, 6) is 0.529. The molecule has 3 heterocycles. The fraction of sp³-hybridized carbons (Fsp3) is 0.435. The summed E-state index contributed by atoms with van der Waals surface area (Å²) >= 11 is 0. The summed E-state index contributed by atoms with van der Waals surface area (Å²) < 4.78 is 5.84. The predicted molar refractivity (Wildman–Crippen MR) is 115 cm³/mol. The van der Waals surface area contributed by atoms with E-state index in [0.29, 0.717) is 19.0 Å².